The Morgan fingerprint density at radius 3 is 2.58 bits per heavy atom. The molecule has 3 aromatic rings. The van der Waals surface area contributed by atoms with E-state index < -0.39 is 0 Å². The molecule has 31 heavy (non-hydrogen) atoms. The van der Waals surface area contributed by atoms with E-state index in [1.54, 1.807) is 35.2 Å². The number of aromatic nitrogens is 2. The van der Waals surface area contributed by atoms with Crippen LogP contribution >= 0.6 is 0 Å². The maximum Gasteiger partial charge on any atom is 0.244 e. The van der Waals surface area contributed by atoms with Gasteiger partial charge in [0.1, 0.15) is 11.6 Å². The van der Waals surface area contributed by atoms with Crippen molar-refractivity contribution in [2.45, 2.75) is 39.2 Å². The number of rotatable bonds is 8. The highest BCUT2D eigenvalue weighted by atomic mass is 16.3. The molecule has 0 atom stereocenters. The second-order valence-electron chi connectivity index (χ2n) is 8.26. The summed E-state index contributed by atoms with van der Waals surface area (Å²) in [6, 6.07) is 13.7. The summed E-state index contributed by atoms with van der Waals surface area (Å²) in [5, 5.41) is 9.84. The molecule has 0 aliphatic rings. The van der Waals surface area contributed by atoms with E-state index in [0.717, 1.165) is 5.56 Å². The Kier molecular flexibility index (Phi) is 7.07. The SMILES string of the molecule is CC(C)(C)c1ccc(Cn2nccc2NC(=O)CCNC(=O)/C=C/c2ccco2)cc1. The van der Waals surface area contributed by atoms with Crippen LogP contribution in [0.3, 0.4) is 0 Å². The van der Waals surface area contributed by atoms with Gasteiger partial charge in [0.2, 0.25) is 11.8 Å². The smallest absolute Gasteiger partial charge is 0.244 e. The van der Waals surface area contributed by atoms with Crippen LogP contribution in [0.5, 0.6) is 0 Å². The van der Waals surface area contributed by atoms with E-state index in [0.29, 0.717) is 18.1 Å². The third-order valence-electron chi connectivity index (χ3n) is 4.73. The average molecular weight is 421 g/mol. The molecule has 162 valence electrons. The number of hydrogen-bond donors (Lipinski definition) is 2. The molecule has 2 amide bonds. The Morgan fingerprint density at radius 1 is 1.13 bits per heavy atom. The van der Waals surface area contributed by atoms with Gasteiger partial charge in [-0.3, -0.25) is 9.59 Å². The molecular weight excluding hydrogens is 392 g/mol. The summed E-state index contributed by atoms with van der Waals surface area (Å²) >= 11 is 0. The van der Waals surface area contributed by atoms with Gasteiger partial charge in [-0.25, -0.2) is 4.68 Å². The number of carbonyl (C=O) groups excluding carboxylic acids is 2. The Labute approximate surface area is 182 Å². The number of carbonyl (C=O) groups is 2. The van der Waals surface area contributed by atoms with Gasteiger partial charge in [-0.15, -0.1) is 0 Å². The molecule has 2 N–H and O–H groups in total. The Hall–Kier alpha value is -3.61. The van der Waals surface area contributed by atoms with E-state index in [-0.39, 0.29) is 30.2 Å². The normalized spacial score (nSPS) is 11.6. The zero-order valence-electron chi connectivity index (χ0n) is 18.1. The van der Waals surface area contributed by atoms with E-state index >= 15 is 0 Å². The first-order valence-corrected chi connectivity index (χ1v) is 10.2. The van der Waals surface area contributed by atoms with Crippen molar-refractivity contribution in [2.75, 3.05) is 11.9 Å². The van der Waals surface area contributed by atoms with Gasteiger partial charge in [0.25, 0.3) is 0 Å². The fourth-order valence-corrected chi connectivity index (χ4v) is 2.96. The Bertz CT molecular complexity index is 1030. The van der Waals surface area contributed by atoms with Gasteiger partial charge >= 0.3 is 0 Å². The molecule has 7 nitrogen and oxygen atoms in total. The third-order valence-corrected chi connectivity index (χ3v) is 4.73. The Morgan fingerprint density at radius 2 is 1.90 bits per heavy atom. The molecule has 2 aromatic heterocycles. The number of furan rings is 1. The van der Waals surface area contributed by atoms with Crippen molar-refractivity contribution in [2.24, 2.45) is 0 Å². The number of benzene rings is 1. The number of amides is 2. The van der Waals surface area contributed by atoms with Crippen molar-refractivity contribution in [3.8, 4) is 0 Å². The van der Waals surface area contributed by atoms with Crippen molar-refractivity contribution in [1.29, 1.82) is 0 Å². The molecule has 0 saturated carbocycles. The summed E-state index contributed by atoms with van der Waals surface area (Å²) in [5.74, 6) is 0.733. The molecule has 3 rings (SSSR count). The first-order valence-electron chi connectivity index (χ1n) is 10.2. The van der Waals surface area contributed by atoms with Gasteiger partial charge in [-0.05, 0) is 34.8 Å². The molecule has 0 aliphatic heterocycles. The zero-order chi connectivity index (χ0) is 22.3. The van der Waals surface area contributed by atoms with Gasteiger partial charge < -0.3 is 15.1 Å². The molecule has 2 heterocycles. The summed E-state index contributed by atoms with van der Waals surface area (Å²) in [6.07, 6.45) is 6.29. The van der Waals surface area contributed by atoms with Gasteiger partial charge in [0.05, 0.1) is 19.0 Å². The molecular formula is C24H28N4O3. The van der Waals surface area contributed by atoms with E-state index in [2.05, 4.69) is 60.8 Å². The maximum atomic E-state index is 12.3. The van der Waals surface area contributed by atoms with Gasteiger partial charge in [0.15, 0.2) is 0 Å². The predicted molar refractivity (Wildman–Crippen MR) is 120 cm³/mol. The van der Waals surface area contributed by atoms with E-state index in [1.807, 2.05) is 0 Å². The van der Waals surface area contributed by atoms with Crippen molar-refractivity contribution >= 4 is 23.7 Å². The van der Waals surface area contributed by atoms with Crippen molar-refractivity contribution < 1.29 is 14.0 Å². The van der Waals surface area contributed by atoms with Crippen molar-refractivity contribution in [3.63, 3.8) is 0 Å². The minimum absolute atomic E-state index is 0.105. The van der Waals surface area contributed by atoms with Crippen LogP contribution in [-0.4, -0.2) is 28.1 Å². The molecule has 0 bridgehead atoms. The van der Waals surface area contributed by atoms with E-state index in [4.69, 9.17) is 4.42 Å². The minimum atomic E-state index is -0.284. The van der Waals surface area contributed by atoms with Crippen molar-refractivity contribution in [1.82, 2.24) is 15.1 Å². The van der Waals surface area contributed by atoms with Crippen LogP contribution in [0.15, 0.2) is 65.4 Å². The molecule has 0 saturated heterocycles. The summed E-state index contributed by atoms with van der Waals surface area (Å²) in [7, 11) is 0. The molecule has 1 aromatic carbocycles. The molecule has 7 heteroatoms. The molecule has 0 aliphatic carbocycles. The highest BCUT2D eigenvalue weighted by molar-refractivity contribution is 5.93. The highest BCUT2D eigenvalue weighted by Gasteiger charge is 2.13. The fourth-order valence-electron chi connectivity index (χ4n) is 2.96. The minimum Gasteiger partial charge on any atom is -0.465 e. The van der Waals surface area contributed by atoms with Gasteiger partial charge in [-0.2, -0.15) is 5.10 Å². The van der Waals surface area contributed by atoms with E-state index in [9.17, 15) is 9.59 Å². The van der Waals surface area contributed by atoms with Gasteiger partial charge in [-0.1, -0.05) is 45.0 Å². The van der Waals surface area contributed by atoms with Crippen molar-refractivity contribution in [3.05, 3.63) is 77.9 Å². The fraction of sp³-hybridized carbons (Fsp3) is 0.292. The topological polar surface area (TPSA) is 89.2 Å². The van der Waals surface area contributed by atoms with Crippen LogP contribution in [0, 0.1) is 0 Å². The summed E-state index contributed by atoms with van der Waals surface area (Å²) in [5.41, 5.74) is 2.47. The lowest BCUT2D eigenvalue weighted by atomic mass is 9.87. The zero-order valence-corrected chi connectivity index (χ0v) is 18.1. The number of nitrogens with zero attached hydrogens (tertiary/aromatic N) is 2. The summed E-state index contributed by atoms with van der Waals surface area (Å²) in [6.45, 7) is 7.33. The van der Waals surface area contributed by atoms with Crippen LogP contribution < -0.4 is 10.6 Å². The van der Waals surface area contributed by atoms with Gasteiger partial charge in [0, 0.05) is 25.1 Å². The molecule has 0 radical (unpaired) electrons. The average Bonchev–Trinajstić information content (AvgIpc) is 3.38. The van der Waals surface area contributed by atoms with Crippen LogP contribution in [-0.2, 0) is 21.5 Å². The summed E-state index contributed by atoms with van der Waals surface area (Å²) in [4.78, 5) is 24.1. The number of anilines is 1. The third kappa shape index (κ3) is 6.70. The maximum absolute atomic E-state index is 12.3. The molecule has 0 spiro atoms. The quantitative estimate of drug-likeness (QED) is 0.540. The Balaban J connectivity index is 1.47. The largest absolute Gasteiger partial charge is 0.465 e. The molecule has 0 unspecified atom stereocenters. The summed E-state index contributed by atoms with van der Waals surface area (Å²) < 4.78 is 6.87. The first-order chi connectivity index (χ1) is 14.8. The number of hydrogen-bond acceptors (Lipinski definition) is 4. The molecule has 0 fully saturated rings. The second kappa shape index (κ2) is 9.93. The van der Waals surface area contributed by atoms with Crippen LogP contribution in [0.1, 0.15) is 44.1 Å². The highest BCUT2D eigenvalue weighted by Crippen LogP contribution is 2.22. The first kappa shape index (κ1) is 22.1. The van der Waals surface area contributed by atoms with Crippen LogP contribution in [0.25, 0.3) is 6.08 Å². The second-order valence-corrected chi connectivity index (χ2v) is 8.26. The predicted octanol–water partition coefficient (Wildman–Crippen LogP) is 3.98. The number of nitrogens with one attached hydrogen (secondary N) is 2. The van der Waals surface area contributed by atoms with Crippen LogP contribution in [0.4, 0.5) is 5.82 Å². The van der Waals surface area contributed by atoms with E-state index in [1.165, 1.54) is 17.9 Å². The lowest BCUT2D eigenvalue weighted by Crippen LogP contribution is -2.26. The monoisotopic (exact) mass is 420 g/mol. The lowest BCUT2D eigenvalue weighted by molar-refractivity contribution is -0.117. The lowest BCUT2D eigenvalue weighted by Gasteiger charge is -2.19. The standard InChI is InChI=1S/C24H28N4O3/c1-24(2,3)19-8-6-18(7-9-19)17-28-21(12-15-26-28)27-23(30)13-14-25-22(29)11-10-20-5-4-16-31-20/h4-12,15-16H,13-14,17H2,1-3H3,(H,25,29)(H,27,30)/b11-10+. The van der Waals surface area contributed by atoms with Crippen LogP contribution in [0.2, 0.25) is 0 Å².